The zero-order valence-electron chi connectivity index (χ0n) is 31.6. The van der Waals surface area contributed by atoms with E-state index in [-0.39, 0.29) is 31.0 Å². The molecule has 8 nitrogen and oxygen atoms in total. The summed E-state index contributed by atoms with van der Waals surface area (Å²) in [7, 11) is 1.37. The Bertz CT molecular complexity index is 1960. The molecule has 0 radical (unpaired) electrons. The molecular weight excluding hydrogens is 665 g/mol. The summed E-state index contributed by atoms with van der Waals surface area (Å²) in [6.07, 6.45) is -1.04. The number of fused-ring (bicyclic) bond motifs is 4. The van der Waals surface area contributed by atoms with Gasteiger partial charge in [0, 0.05) is 26.2 Å². The molecule has 0 fully saturated rings. The summed E-state index contributed by atoms with van der Waals surface area (Å²) in [4.78, 5) is 33.3. The van der Waals surface area contributed by atoms with Gasteiger partial charge in [0.25, 0.3) is 0 Å². The molecule has 8 heteroatoms. The Kier molecular flexibility index (Phi) is 11.8. The van der Waals surface area contributed by atoms with Crippen molar-refractivity contribution in [3.05, 3.63) is 138 Å². The monoisotopic (exact) mass is 714 g/mol. The molecule has 5 aromatic carbocycles. The molecule has 6 rings (SSSR count). The van der Waals surface area contributed by atoms with Gasteiger partial charge in [-0.25, -0.2) is 4.79 Å². The van der Waals surface area contributed by atoms with Crippen molar-refractivity contribution in [2.75, 3.05) is 26.9 Å². The number of carbonyl (C=O) groups is 2. The predicted molar refractivity (Wildman–Crippen MR) is 209 cm³/mol. The third-order valence-corrected chi connectivity index (χ3v) is 9.49. The van der Waals surface area contributed by atoms with Gasteiger partial charge in [0.1, 0.15) is 17.4 Å². The molecule has 0 saturated heterocycles. The number of nitrogens with zero attached hydrogens (tertiary/aromatic N) is 2. The SMILES string of the molecule is CCOC(CN(Cc1cccc2ccccc12)C(=O)C(Cc1ccc(OC(C)(C)C)cc1)N(C(=O)OC)C1c2ccccc2-c2ccccc21)OCC. The minimum Gasteiger partial charge on any atom is -0.488 e. The molecule has 1 atom stereocenters. The van der Waals surface area contributed by atoms with Gasteiger partial charge in [0.05, 0.1) is 19.7 Å². The van der Waals surface area contributed by atoms with Crippen molar-refractivity contribution in [1.29, 1.82) is 0 Å². The highest BCUT2D eigenvalue weighted by molar-refractivity contribution is 5.90. The molecule has 53 heavy (non-hydrogen) atoms. The molecule has 1 aliphatic carbocycles. The third-order valence-electron chi connectivity index (χ3n) is 9.49. The number of carbonyl (C=O) groups excluding carboxylic acids is 2. The van der Waals surface area contributed by atoms with Crippen LogP contribution in [-0.2, 0) is 32.0 Å². The van der Waals surface area contributed by atoms with Crippen molar-refractivity contribution in [2.24, 2.45) is 0 Å². The zero-order chi connectivity index (χ0) is 37.5. The summed E-state index contributed by atoms with van der Waals surface area (Å²) < 4.78 is 23.7. The van der Waals surface area contributed by atoms with E-state index in [1.807, 2.05) is 120 Å². The Balaban J connectivity index is 1.49. The van der Waals surface area contributed by atoms with E-state index in [2.05, 4.69) is 30.3 Å². The lowest BCUT2D eigenvalue weighted by molar-refractivity contribution is -0.162. The molecule has 0 saturated carbocycles. The van der Waals surface area contributed by atoms with Gasteiger partial charge < -0.3 is 23.8 Å². The van der Waals surface area contributed by atoms with E-state index in [1.165, 1.54) is 7.11 Å². The zero-order valence-corrected chi connectivity index (χ0v) is 31.6. The Morgan fingerprint density at radius 3 is 1.92 bits per heavy atom. The van der Waals surface area contributed by atoms with E-state index in [4.69, 9.17) is 18.9 Å². The first-order chi connectivity index (χ1) is 25.6. The first-order valence-corrected chi connectivity index (χ1v) is 18.4. The van der Waals surface area contributed by atoms with Gasteiger partial charge in [-0.1, -0.05) is 103 Å². The summed E-state index contributed by atoms with van der Waals surface area (Å²) in [6, 6.07) is 36.6. The predicted octanol–water partition coefficient (Wildman–Crippen LogP) is 9.19. The number of benzene rings is 5. The number of ether oxygens (including phenoxy) is 4. The smallest absolute Gasteiger partial charge is 0.410 e. The van der Waals surface area contributed by atoms with E-state index < -0.39 is 24.5 Å². The van der Waals surface area contributed by atoms with Crippen LogP contribution >= 0.6 is 0 Å². The van der Waals surface area contributed by atoms with Gasteiger partial charge in [-0.2, -0.15) is 0 Å². The number of amides is 2. The standard InChI is InChI=1S/C45H50N2O6/c1-7-51-41(52-8-2)30-46(29-33-18-15-17-32-16-9-10-19-35(32)33)43(48)40(28-31-24-26-34(27-25-31)53-45(3,4)5)47(44(49)50-6)42-38-22-13-11-20-36(38)37-21-12-14-23-39(37)42/h9-27,40-42H,7-8,28-30H2,1-6H3. The van der Waals surface area contributed by atoms with E-state index in [0.717, 1.165) is 49.9 Å². The number of rotatable bonds is 14. The average molecular weight is 715 g/mol. The number of methoxy groups -OCH3 is 1. The first-order valence-electron chi connectivity index (χ1n) is 18.4. The fourth-order valence-electron chi connectivity index (χ4n) is 7.31. The Hall–Kier alpha value is -5.18. The highest BCUT2D eigenvalue weighted by Crippen LogP contribution is 2.47. The van der Waals surface area contributed by atoms with Crippen LogP contribution in [0.4, 0.5) is 4.79 Å². The highest BCUT2D eigenvalue weighted by atomic mass is 16.7. The van der Waals surface area contributed by atoms with Crippen molar-refractivity contribution in [3.63, 3.8) is 0 Å². The Morgan fingerprint density at radius 2 is 1.32 bits per heavy atom. The Morgan fingerprint density at radius 1 is 0.736 bits per heavy atom. The molecule has 0 N–H and O–H groups in total. The summed E-state index contributed by atoms with van der Waals surface area (Å²) in [5, 5.41) is 2.12. The first kappa shape index (κ1) is 37.6. The molecule has 2 amide bonds. The van der Waals surface area contributed by atoms with Crippen molar-refractivity contribution in [1.82, 2.24) is 9.80 Å². The summed E-state index contributed by atoms with van der Waals surface area (Å²) in [5.74, 6) is 0.478. The van der Waals surface area contributed by atoms with Crippen LogP contribution in [0.25, 0.3) is 21.9 Å². The summed E-state index contributed by atoms with van der Waals surface area (Å²) in [5.41, 5.74) is 5.40. The largest absolute Gasteiger partial charge is 0.488 e. The second-order valence-corrected chi connectivity index (χ2v) is 14.2. The lowest BCUT2D eigenvalue weighted by atomic mass is 9.96. The van der Waals surface area contributed by atoms with Gasteiger partial charge in [-0.05, 0) is 90.9 Å². The van der Waals surface area contributed by atoms with E-state index >= 15 is 4.79 Å². The van der Waals surface area contributed by atoms with Crippen molar-refractivity contribution >= 4 is 22.8 Å². The molecule has 5 aromatic rings. The molecule has 1 unspecified atom stereocenters. The summed E-state index contributed by atoms with van der Waals surface area (Å²) in [6.45, 7) is 11.1. The van der Waals surface area contributed by atoms with Crippen molar-refractivity contribution in [3.8, 4) is 16.9 Å². The summed E-state index contributed by atoms with van der Waals surface area (Å²) >= 11 is 0. The lowest BCUT2D eigenvalue weighted by Gasteiger charge is -2.39. The third kappa shape index (κ3) is 8.56. The van der Waals surface area contributed by atoms with Crippen LogP contribution in [0, 0.1) is 0 Å². The molecule has 1 aliphatic rings. The molecule has 0 bridgehead atoms. The molecule has 0 heterocycles. The number of hydrogen-bond acceptors (Lipinski definition) is 6. The van der Waals surface area contributed by atoms with Crippen molar-refractivity contribution in [2.45, 2.75) is 71.6 Å². The maximum absolute atomic E-state index is 15.6. The maximum Gasteiger partial charge on any atom is 0.410 e. The van der Waals surface area contributed by atoms with E-state index in [1.54, 1.807) is 9.80 Å². The molecule has 0 spiro atoms. The molecular formula is C45H50N2O6. The van der Waals surface area contributed by atoms with Crippen LogP contribution in [0.5, 0.6) is 5.75 Å². The van der Waals surface area contributed by atoms with Crippen LogP contribution in [0.1, 0.15) is 62.9 Å². The van der Waals surface area contributed by atoms with E-state index in [0.29, 0.717) is 13.2 Å². The van der Waals surface area contributed by atoms with Crippen LogP contribution in [0.15, 0.2) is 115 Å². The van der Waals surface area contributed by atoms with Crippen LogP contribution < -0.4 is 4.74 Å². The lowest BCUT2D eigenvalue weighted by Crippen LogP contribution is -2.54. The van der Waals surface area contributed by atoms with Crippen LogP contribution in [0.2, 0.25) is 0 Å². The fourth-order valence-corrected chi connectivity index (χ4v) is 7.31. The van der Waals surface area contributed by atoms with Crippen LogP contribution in [-0.4, -0.2) is 66.6 Å². The van der Waals surface area contributed by atoms with Gasteiger partial charge in [0.2, 0.25) is 5.91 Å². The topological polar surface area (TPSA) is 77.5 Å². The maximum atomic E-state index is 15.6. The van der Waals surface area contributed by atoms with Gasteiger partial charge in [-0.15, -0.1) is 0 Å². The van der Waals surface area contributed by atoms with E-state index in [9.17, 15) is 4.79 Å². The Labute approximate surface area is 313 Å². The number of hydrogen-bond donors (Lipinski definition) is 0. The minimum absolute atomic E-state index is 0.158. The van der Waals surface area contributed by atoms with Gasteiger partial charge in [-0.3, -0.25) is 9.69 Å². The van der Waals surface area contributed by atoms with Gasteiger partial charge >= 0.3 is 6.09 Å². The molecule has 0 aliphatic heterocycles. The second kappa shape index (κ2) is 16.7. The van der Waals surface area contributed by atoms with Crippen molar-refractivity contribution < 1.29 is 28.5 Å². The quantitative estimate of drug-likeness (QED) is 0.107. The van der Waals surface area contributed by atoms with Crippen LogP contribution in [0.3, 0.4) is 0 Å². The average Bonchev–Trinajstić information content (AvgIpc) is 3.48. The molecule has 276 valence electrons. The van der Waals surface area contributed by atoms with Gasteiger partial charge in [0.15, 0.2) is 6.29 Å². The molecule has 0 aromatic heterocycles. The second-order valence-electron chi connectivity index (χ2n) is 14.2. The minimum atomic E-state index is -0.972. The fraction of sp³-hybridized carbons (Fsp3) is 0.333. The highest BCUT2D eigenvalue weighted by Gasteiger charge is 2.44. The normalized spacial score (nSPS) is 13.0.